The number of rotatable bonds is 10. The van der Waals surface area contributed by atoms with Gasteiger partial charge >= 0.3 is 0 Å². The standard InChI is InChI=1S/C26H26ClFN2O3/c27-21-10-8-20(9-11-21)26-14-25(33-29-26)17-30(15-19-6-12-22(28)13-7-19)16-23(31)18-32-24-4-2-1-3-5-24/h1-13,23,25,31H,14-18H2/t23-,25+/m0/s1. The molecular formula is C26H26ClFN2O3. The van der Waals surface area contributed by atoms with Crippen molar-refractivity contribution in [3.63, 3.8) is 0 Å². The maximum atomic E-state index is 13.3. The normalized spacial score (nSPS) is 16.4. The number of aliphatic hydroxyl groups excluding tert-OH is 1. The Balaban J connectivity index is 1.37. The molecule has 4 rings (SSSR count). The van der Waals surface area contributed by atoms with Gasteiger partial charge in [0.2, 0.25) is 0 Å². The Bertz CT molecular complexity index is 1050. The summed E-state index contributed by atoms with van der Waals surface area (Å²) in [6.07, 6.45) is -0.208. The average molecular weight is 469 g/mol. The van der Waals surface area contributed by atoms with Crippen LogP contribution < -0.4 is 4.74 Å². The van der Waals surface area contributed by atoms with Gasteiger partial charge in [0.25, 0.3) is 0 Å². The molecule has 1 N–H and O–H groups in total. The van der Waals surface area contributed by atoms with Crippen molar-refractivity contribution in [3.05, 3.63) is 101 Å². The lowest BCUT2D eigenvalue weighted by molar-refractivity contribution is 0.0213. The van der Waals surface area contributed by atoms with Crippen molar-refractivity contribution in [1.82, 2.24) is 4.90 Å². The lowest BCUT2D eigenvalue weighted by Gasteiger charge is -2.27. The van der Waals surface area contributed by atoms with Gasteiger partial charge in [0.05, 0.1) is 5.71 Å². The van der Waals surface area contributed by atoms with Gasteiger partial charge in [-0.3, -0.25) is 4.90 Å². The molecule has 0 bridgehead atoms. The van der Waals surface area contributed by atoms with Gasteiger partial charge in [-0.2, -0.15) is 0 Å². The fourth-order valence-electron chi connectivity index (χ4n) is 3.74. The number of halogens is 2. The summed E-state index contributed by atoms with van der Waals surface area (Å²) in [5, 5.41) is 15.6. The summed E-state index contributed by atoms with van der Waals surface area (Å²) >= 11 is 5.98. The molecule has 0 saturated carbocycles. The SMILES string of the molecule is O[C@H](COc1ccccc1)CN(Cc1ccc(F)cc1)C[C@H]1CC(c2ccc(Cl)cc2)=NO1. The molecule has 3 aromatic rings. The fraction of sp³-hybridized carbons (Fsp3) is 0.269. The topological polar surface area (TPSA) is 54.3 Å². The summed E-state index contributed by atoms with van der Waals surface area (Å²) in [6, 6.07) is 23.3. The number of hydrogen-bond acceptors (Lipinski definition) is 5. The number of para-hydroxylation sites is 1. The number of hydrogen-bond donors (Lipinski definition) is 1. The quantitative estimate of drug-likeness (QED) is 0.459. The lowest BCUT2D eigenvalue weighted by atomic mass is 10.0. The third-order valence-corrected chi connectivity index (χ3v) is 5.60. The van der Waals surface area contributed by atoms with Gasteiger partial charge in [0.15, 0.2) is 0 Å². The molecule has 5 nitrogen and oxygen atoms in total. The molecule has 172 valence electrons. The molecule has 2 atom stereocenters. The van der Waals surface area contributed by atoms with E-state index in [4.69, 9.17) is 21.2 Å². The number of nitrogens with zero attached hydrogens (tertiary/aromatic N) is 2. The van der Waals surface area contributed by atoms with Crippen molar-refractivity contribution < 1.29 is 19.1 Å². The molecule has 0 radical (unpaired) electrons. The summed E-state index contributed by atoms with van der Waals surface area (Å²) in [7, 11) is 0. The molecule has 0 unspecified atom stereocenters. The minimum Gasteiger partial charge on any atom is -0.491 e. The van der Waals surface area contributed by atoms with E-state index in [1.165, 1.54) is 12.1 Å². The highest BCUT2D eigenvalue weighted by Gasteiger charge is 2.26. The molecular weight excluding hydrogens is 443 g/mol. The van der Waals surface area contributed by atoms with Crippen molar-refractivity contribution in [2.24, 2.45) is 5.16 Å². The van der Waals surface area contributed by atoms with Gasteiger partial charge in [-0.1, -0.05) is 59.2 Å². The van der Waals surface area contributed by atoms with Crippen molar-refractivity contribution in [3.8, 4) is 5.75 Å². The van der Waals surface area contributed by atoms with E-state index in [0.29, 0.717) is 36.8 Å². The highest BCUT2D eigenvalue weighted by Crippen LogP contribution is 2.20. The maximum Gasteiger partial charge on any atom is 0.145 e. The van der Waals surface area contributed by atoms with Crippen LogP contribution in [-0.4, -0.2) is 47.6 Å². The van der Waals surface area contributed by atoms with Gasteiger partial charge in [-0.15, -0.1) is 0 Å². The van der Waals surface area contributed by atoms with Crippen molar-refractivity contribution in [2.75, 3.05) is 19.7 Å². The number of ether oxygens (including phenoxy) is 1. The predicted octanol–water partition coefficient (Wildman–Crippen LogP) is 4.91. The van der Waals surface area contributed by atoms with Crippen LogP contribution in [0.4, 0.5) is 4.39 Å². The van der Waals surface area contributed by atoms with E-state index in [9.17, 15) is 9.50 Å². The second-order valence-electron chi connectivity index (χ2n) is 8.07. The van der Waals surface area contributed by atoms with Gasteiger partial charge in [0.1, 0.15) is 30.4 Å². The Morgan fingerprint density at radius 1 is 1.06 bits per heavy atom. The van der Waals surface area contributed by atoms with E-state index in [1.54, 1.807) is 12.1 Å². The Hall–Kier alpha value is -2.93. The van der Waals surface area contributed by atoms with E-state index in [1.807, 2.05) is 54.6 Å². The maximum absolute atomic E-state index is 13.3. The minimum absolute atomic E-state index is 0.154. The van der Waals surface area contributed by atoms with Crippen LogP contribution >= 0.6 is 11.6 Å². The molecule has 0 saturated heterocycles. The van der Waals surface area contributed by atoms with Gasteiger partial charge in [0, 0.05) is 31.1 Å². The minimum atomic E-state index is -0.705. The van der Waals surface area contributed by atoms with Crippen LogP contribution in [0.15, 0.2) is 84.0 Å². The van der Waals surface area contributed by atoms with Crippen molar-refractivity contribution >= 4 is 17.3 Å². The van der Waals surface area contributed by atoms with Gasteiger partial charge in [-0.25, -0.2) is 4.39 Å². The molecule has 3 aromatic carbocycles. The first kappa shape index (κ1) is 23.2. The summed E-state index contributed by atoms with van der Waals surface area (Å²) in [5.74, 6) is 0.434. The summed E-state index contributed by atoms with van der Waals surface area (Å²) in [5.41, 5.74) is 2.79. The Morgan fingerprint density at radius 3 is 2.52 bits per heavy atom. The van der Waals surface area contributed by atoms with Crippen LogP contribution in [-0.2, 0) is 11.4 Å². The zero-order valence-corrected chi connectivity index (χ0v) is 18.9. The van der Waals surface area contributed by atoms with Crippen molar-refractivity contribution in [1.29, 1.82) is 0 Å². The molecule has 7 heteroatoms. The highest BCUT2D eigenvalue weighted by atomic mass is 35.5. The molecule has 0 amide bonds. The number of oxime groups is 1. The zero-order valence-electron chi connectivity index (χ0n) is 18.1. The second kappa shape index (κ2) is 11.3. The molecule has 1 aliphatic rings. The van der Waals surface area contributed by atoms with Crippen LogP contribution in [0.5, 0.6) is 5.75 Å². The Morgan fingerprint density at radius 2 is 1.79 bits per heavy atom. The van der Waals surface area contributed by atoms with E-state index in [-0.39, 0.29) is 18.5 Å². The Labute approximate surface area is 198 Å². The summed E-state index contributed by atoms with van der Waals surface area (Å²) in [4.78, 5) is 7.77. The largest absolute Gasteiger partial charge is 0.491 e. The van der Waals surface area contributed by atoms with Crippen LogP contribution in [0.2, 0.25) is 5.02 Å². The first-order valence-electron chi connectivity index (χ1n) is 10.9. The van der Waals surface area contributed by atoms with Crippen LogP contribution in [0.25, 0.3) is 0 Å². The zero-order chi connectivity index (χ0) is 23.0. The van der Waals surface area contributed by atoms with Crippen LogP contribution in [0.3, 0.4) is 0 Å². The van der Waals surface area contributed by atoms with Gasteiger partial charge < -0.3 is 14.7 Å². The van der Waals surface area contributed by atoms with E-state index in [2.05, 4.69) is 10.1 Å². The summed E-state index contributed by atoms with van der Waals surface area (Å²) < 4.78 is 19.0. The van der Waals surface area contributed by atoms with E-state index < -0.39 is 6.10 Å². The monoisotopic (exact) mass is 468 g/mol. The molecule has 0 spiro atoms. The number of aliphatic hydroxyl groups is 1. The summed E-state index contributed by atoms with van der Waals surface area (Å²) in [6.45, 7) is 1.64. The smallest absolute Gasteiger partial charge is 0.145 e. The lowest BCUT2D eigenvalue weighted by Crippen LogP contribution is -2.39. The third-order valence-electron chi connectivity index (χ3n) is 5.35. The third kappa shape index (κ3) is 7.02. The molecule has 0 aliphatic carbocycles. The first-order chi connectivity index (χ1) is 16.0. The molecule has 0 fully saturated rings. The second-order valence-corrected chi connectivity index (χ2v) is 8.51. The average Bonchev–Trinajstić information content (AvgIpc) is 3.29. The van der Waals surface area contributed by atoms with E-state index in [0.717, 1.165) is 16.8 Å². The molecule has 33 heavy (non-hydrogen) atoms. The highest BCUT2D eigenvalue weighted by molar-refractivity contribution is 6.30. The Kier molecular flexibility index (Phi) is 7.94. The van der Waals surface area contributed by atoms with Crippen molar-refractivity contribution in [2.45, 2.75) is 25.2 Å². The number of benzene rings is 3. The first-order valence-corrected chi connectivity index (χ1v) is 11.2. The molecule has 1 heterocycles. The molecule has 0 aromatic heterocycles. The van der Waals surface area contributed by atoms with Crippen LogP contribution in [0, 0.1) is 5.82 Å². The van der Waals surface area contributed by atoms with Crippen LogP contribution in [0.1, 0.15) is 17.5 Å². The predicted molar refractivity (Wildman–Crippen MR) is 127 cm³/mol. The molecule has 1 aliphatic heterocycles. The van der Waals surface area contributed by atoms with E-state index >= 15 is 0 Å². The van der Waals surface area contributed by atoms with Gasteiger partial charge in [-0.05, 0) is 47.5 Å². The fourth-order valence-corrected chi connectivity index (χ4v) is 3.86.